The number of nitriles is 2. The number of rotatable bonds is 6. The van der Waals surface area contributed by atoms with Crippen molar-refractivity contribution in [3.8, 4) is 12.1 Å². The van der Waals surface area contributed by atoms with Crippen molar-refractivity contribution in [3.05, 3.63) is 99.2 Å². The molecular formula is C26H18N2O4. The molecule has 2 aromatic carbocycles. The van der Waals surface area contributed by atoms with Crippen LogP contribution in [-0.2, 0) is 4.79 Å². The number of nitrogens with zero attached hydrogens (tertiary/aromatic N) is 2. The Bertz CT molecular complexity index is 1280. The summed E-state index contributed by atoms with van der Waals surface area (Å²) in [5.41, 5.74) is 3.26. The summed E-state index contributed by atoms with van der Waals surface area (Å²) in [4.78, 5) is 22.6. The second-order valence-corrected chi connectivity index (χ2v) is 6.99. The summed E-state index contributed by atoms with van der Waals surface area (Å²) in [6.45, 7) is 0. The number of hydrogen-bond acceptors (Lipinski definition) is 4. The second kappa shape index (κ2) is 9.88. The van der Waals surface area contributed by atoms with Crippen molar-refractivity contribution in [2.75, 3.05) is 0 Å². The van der Waals surface area contributed by atoms with Gasteiger partial charge in [0.25, 0.3) is 0 Å². The first kappa shape index (κ1) is 22.0. The second-order valence-electron chi connectivity index (χ2n) is 6.99. The van der Waals surface area contributed by atoms with E-state index in [1.54, 1.807) is 36.4 Å². The largest absolute Gasteiger partial charge is 0.478 e. The van der Waals surface area contributed by atoms with Gasteiger partial charge in [-0.25, -0.2) is 9.59 Å². The van der Waals surface area contributed by atoms with Crippen molar-refractivity contribution in [2.45, 2.75) is 12.8 Å². The van der Waals surface area contributed by atoms with Gasteiger partial charge in [0.15, 0.2) is 0 Å². The van der Waals surface area contributed by atoms with Crippen LogP contribution in [0.5, 0.6) is 0 Å². The molecule has 0 bridgehead atoms. The molecule has 0 atom stereocenters. The van der Waals surface area contributed by atoms with Crippen LogP contribution < -0.4 is 0 Å². The van der Waals surface area contributed by atoms with Crippen LogP contribution in [0.25, 0.3) is 18.2 Å². The van der Waals surface area contributed by atoms with Gasteiger partial charge in [0.1, 0.15) is 12.1 Å². The van der Waals surface area contributed by atoms with E-state index in [1.165, 1.54) is 6.07 Å². The molecule has 0 spiro atoms. The van der Waals surface area contributed by atoms with Crippen LogP contribution in [0.2, 0.25) is 0 Å². The summed E-state index contributed by atoms with van der Waals surface area (Å²) in [6.07, 6.45) is 9.84. The molecular weight excluding hydrogens is 404 g/mol. The summed E-state index contributed by atoms with van der Waals surface area (Å²) in [5.74, 6) is -2.25. The lowest BCUT2D eigenvalue weighted by atomic mass is 9.91. The molecule has 6 nitrogen and oxygen atoms in total. The SMILES string of the molecule is N#CC1=C(/C=C/c2ccc(/C=C/c3cccc(C(=O)O)c3C#N)cc2)CCC=C1C(=O)O. The van der Waals surface area contributed by atoms with E-state index in [1.807, 2.05) is 42.5 Å². The van der Waals surface area contributed by atoms with E-state index in [-0.39, 0.29) is 22.3 Å². The van der Waals surface area contributed by atoms with Crippen LogP contribution in [0.4, 0.5) is 0 Å². The van der Waals surface area contributed by atoms with Gasteiger partial charge in [-0.05, 0) is 41.2 Å². The molecule has 32 heavy (non-hydrogen) atoms. The van der Waals surface area contributed by atoms with E-state index < -0.39 is 11.9 Å². The molecule has 0 radical (unpaired) electrons. The molecule has 2 aromatic rings. The lowest BCUT2D eigenvalue weighted by molar-refractivity contribution is -0.132. The molecule has 0 saturated carbocycles. The summed E-state index contributed by atoms with van der Waals surface area (Å²) < 4.78 is 0. The zero-order valence-corrected chi connectivity index (χ0v) is 16.9. The Labute approximate surface area is 185 Å². The lowest BCUT2D eigenvalue weighted by Gasteiger charge is -2.12. The summed E-state index contributed by atoms with van der Waals surface area (Å²) in [5, 5.41) is 37.1. The Morgan fingerprint density at radius 2 is 1.50 bits per heavy atom. The Hall–Kier alpha value is -4.68. The molecule has 156 valence electrons. The molecule has 3 rings (SSSR count). The third-order valence-corrected chi connectivity index (χ3v) is 5.00. The average Bonchev–Trinajstić information content (AvgIpc) is 2.81. The fraction of sp³-hybridized carbons (Fsp3) is 0.0769. The van der Waals surface area contributed by atoms with E-state index in [0.29, 0.717) is 24.0 Å². The van der Waals surface area contributed by atoms with Crippen molar-refractivity contribution in [1.82, 2.24) is 0 Å². The molecule has 0 aliphatic heterocycles. The number of aromatic carboxylic acids is 1. The van der Waals surface area contributed by atoms with Gasteiger partial charge in [0, 0.05) is 0 Å². The van der Waals surface area contributed by atoms with Crippen LogP contribution in [0.1, 0.15) is 45.5 Å². The number of allylic oxidation sites excluding steroid dienone is 3. The van der Waals surface area contributed by atoms with Gasteiger partial charge < -0.3 is 10.2 Å². The molecule has 2 N–H and O–H groups in total. The molecule has 0 aromatic heterocycles. The van der Waals surface area contributed by atoms with Crippen molar-refractivity contribution in [3.63, 3.8) is 0 Å². The number of aliphatic carboxylic acids is 1. The molecule has 0 unspecified atom stereocenters. The Balaban J connectivity index is 1.80. The zero-order chi connectivity index (χ0) is 23.1. The van der Waals surface area contributed by atoms with Crippen molar-refractivity contribution >= 4 is 30.2 Å². The van der Waals surface area contributed by atoms with Gasteiger partial charge in [-0.2, -0.15) is 10.5 Å². The van der Waals surface area contributed by atoms with Crippen LogP contribution >= 0.6 is 0 Å². The highest BCUT2D eigenvalue weighted by Crippen LogP contribution is 2.27. The zero-order valence-electron chi connectivity index (χ0n) is 16.9. The normalized spacial score (nSPS) is 13.6. The van der Waals surface area contributed by atoms with Crippen molar-refractivity contribution in [2.24, 2.45) is 0 Å². The molecule has 0 fully saturated rings. The number of carbonyl (C=O) groups is 2. The number of benzene rings is 2. The minimum absolute atomic E-state index is 0.0372. The number of carboxylic acid groups (broad SMARTS) is 2. The number of carboxylic acids is 2. The van der Waals surface area contributed by atoms with Gasteiger partial charge in [-0.15, -0.1) is 0 Å². The lowest BCUT2D eigenvalue weighted by Crippen LogP contribution is -2.08. The fourth-order valence-electron chi connectivity index (χ4n) is 3.38. The van der Waals surface area contributed by atoms with Crippen molar-refractivity contribution < 1.29 is 19.8 Å². The quantitative estimate of drug-likeness (QED) is 0.627. The third-order valence-electron chi connectivity index (χ3n) is 5.00. The first-order valence-corrected chi connectivity index (χ1v) is 9.74. The van der Waals surface area contributed by atoms with Crippen LogP contribution in [0, 0.1) is 22.7 Å². The van der Waals surface area contributed by atoms with E-state index in [2.05, 4.69) is 0 Å². The smallest absolute Gasteiger partial charge is 0.337 e. The molecule has 1 aliphatic carbocycles. The van der Waals surface area contributed by atoms with Gasteiger partial charge in [-0.3, -0.25) is 0 Å². The van der Waals surface area contributed by atoms with E-state index in [0.717, 1.165) is 11.1 Å². The maximum Gasteiger partial charge on any atom is 0.337 e. The summed E-state index contributed by atoms with van der Waals surface area (Å²) in [7, 11) is 0. The maximum atomic E-state index is 11.3. The Morgan fingerprint density at radius 3 is 2.06 bits per heavy atom. The van der Waals surface area contributed by atoms with E-state index in [4.69, 9.17) is 0 Å². The predicted octanol–water partition coefficient (Wildman–Crippen LogP) is 5.07. The van der Waals surface area contributed by atoms with Crippen LogP contribution in [0.15, 0.2) is 71.3 Å². The third kappa shape index (κ3) is 4.89. The number of hydrogen-bond donors (Lipinski definition) is 2. The van der Waals surface area contributed by atoms with Crippen LogP contribution in [-0.4, -0.2) is 22.2 Å². The minimum atomic E-state index is -1.15. The molecule has 1 aliphatic rings. The van der Waals surface area contributed by atoms with E-state index >= 15 is 0 Å². The monoisotopic (exact) mass is 422 g/mol. The highest BCUT2D eigenvalue weighted by Gasteiger charge is 2.19. The van der Waals surface area contributed by atoms with Gasteiger partial charge in [0.05, 0.1) is 22.3 Å². The van der Waals surface area contributed by atoms with Gasteiger partial charge >= 0.3 is 11.9 Å². The Kier molecular flexibility index (Phi) is 6.80. The average molecular weight is 422 g/mol. The topological polar surface area (TPSA) is 122 Å². The van der Waals surface area contributed by atoms with Crippen LogP contribution in [0.3, 0.4) is 0 Å². The summed E-state index contributed by atoms with van der Waals surface area (Å²) in [6, 6.07) is 16.1. The molecule has 0 heterocycles. The summed E-state index contributed by atoms with van der Waals surface area (Å²) >= 11 is 0. The first-order valence-electron chi connectivity index (χ1n) is 9.74. The minimum Gasteiger partial charge on any atom is -0.478 e. The predicted molar refractivity (Wildman–Crippen MR) is 120 cm³/mol. The maximum absolute atomic E-state index is 11.3. The standard InChI is InChI=1S/C26H18N2O4/c27-15-23-19(3-1-5-21(23)25(29)30)13-11-17-7-9-18(10-8-17)12-14-20-4-2-6-22(26(31)32)24(20)16-28/h1,3,5-14H,2,4H2,(H,29,30)(H,31,32)/b13-11+,14-12+. The fourth-order valence-corrected chi connectivity index (χ4v) is 3.38. The van der Waals surface area contributed by atoms with E-state index in [9.17, 15) is 30.3 Å². The van der Waals surface area contributed by atoms with Gasteiger partial charge in [-0.1, -0.05) is 66.8 Å². The highest BCUT2D eigenvalue weighted by atomic mass is 16.4. The van der Waals surface area contributed by atoms with Gasteiger partial charge in [0.2, 0.25) is 0 Å². The first-order chi connectivity index (χ1) is 15.4. The molecule has 6 heteroatoms. The highest BCUT2D eigenvalue weighted by molar-refractivity contribution is 5.94. The Morgan fingerprint density at radius 1 is 0.844 bits per heavy atom. The van der Waals surface area contributed by atoms with Crippen molar-refractivity contribution in [1.29, 1.82) is 10.5 Å². The molecule has 0 amide bonds. The molecule has 0 saturated heterocycles.